The molecule has 0 aliphatic heterocycles. The number of rotatable bonds is 5. The van der Waals surface area contributed by atoms with Crippen LogP contribution in [0, 0.1) is 6.92 Å². The van der Waals surface area contributed by atoms with Crippen molar-refractivity contribution in [3.05, 3.63) is 77.9 Å². The Morgan fingerprint density at radius 3 is 2.37 bits per heavy atom. The topological polar surface area (TPSA) is 73.3 Å². The van der Waals surface area contributed by atoms with Gasteiger partial charge in [0.2, 0.25) is 0 Å². The molecule has 1 aromatic heterocycles. The minimum absolute atomic E-state index is 0.272. The molecule has 0 aliphatic rings. The Morgan fingerprint density at radius 2 is 1.63 bits per heavy atom. The fraction of sp³-hybridized carbons (Fsp3) is 0.125. The second kappa shape index (κ2) is 8.21. The summed E-state index contributed by atoms with van der Waals surface area (Å²) in [5.74, 6) is 0.853. The van der Waals surface area contributed by atoms with Crippen molar-refractivity contribution in [3.63, 3.8) is 0 Å². The predicted molar refractivity (Wildman–Crippen MR) is 117 cm³/mol. The van der Waals surface area contributed by atoms with Crippen LogP contribution in [0.3, 0.4) is 0 Å². The fourth-order valence-electron chi connectivity index (χ4n) is 3.35. The first-order chi connectivity index (χ1) is 14.6. The molecule has 1 amide bonds. The van der Waals surface area contributed by atoms with Crippen LogP contribution < -0.4 is 14.8 Å². The van der Waals surface area contributed by atoms with E-state index in [0.717, 1.165) is 16.5 Å². The molecule has 6 heteroatoms. The third kappa shape index (κ3) is 3.67. The minimum Gasteiger partial charge on any atom is -0.493 e. The van der Waals surface area contributed by atoms with E-state index in [2.05, 4.69) is 15.5 Å². The zero-order chi connectivity index (χ0) is 21.1. The average molecular weight is 399 g/mol. The number of anilines is 1. The van der Waals surface area contributed by atoms with Crippen molar-refractivity contribution in [1.82, 2.24) is 10.2 Å². The smallest absolute Gasteiger partial charge is 0.258 e. The van der Waals surface area contributed by atoms with Gasteiger partial charge in [0.25, 0.3) is 5.91 Å². The molecule has 0 saturated heterocycles. The number of aryl methyl sites for hydroxylation is 1. The number of aromatic nitrogens is 2. The average Bonchev–Trinajstić information content (AvgIpc) is 2.78. The molecule has 0 spiro atoms. The number of nitrogens with zero attached hydrogens (tertiary/aromatic N) is 2. The summed E-state index contributed by atoms with van der Waals surface area (Å²) in [6, 6.07) is 20.6. The first-order valence-corrected chi connectivity index (χ1v) is 9.46. The number of benzene rings is 3. The number of nitrogens with one attached hydrogen (secondary N) is 1. The van der Waals surface area contributed by atoms with Crippen LogP contribution in [-0.2, 0) is 0 Å². The minimum atomic E-state index is -0.272. The molecule has 0 unspecified atom stereocenters. The highest BCUT2D eigenvalue weighted by Gasteiger charge is 2.20. The highest BCUT2D eigenvalue weighted by atomic mass is 16.5. The molecule has 1 heterocycles. The molecule has 30 heavy (non-hydrogen) atoms. The summed E-state index contributed by atoms with van der Waals surface area (Å²) in [5, 5.41) is 12.4. The largest absolute Gasteiger partial charge is 0.493 e. The molecule has 4 rings (SSSR count). The van der Waals surface area contributed by atoms with Gasteiger partial charge in [0.15, 0.2) is 11.5 Å². The van der Waals surface area contributed by atoms with E-state index in [1.165, 1.54) is 0 Å². The molecule has 0 radical (unpaired) electrons. The molecular formula is C24H21N3O3. The van der Waals surface area contributed by atoms with Gasteiger partial charge in [-0.15, -0.1) is 10.2 Å². The van der Waals surface area contributed by atoms with Gasteiger partial charge in [-0.05, 0) is 31.2 Å². The van der Waals surface area contributed by atoms with Crippen molar-refractivity contribution in [2.24, 2.45) is 0 Å². The molecule has 4 aromatic rings. The van der Waals surface area contributed by atoms with E-state index < -0.39 is 0 Å². The van der Waals surface area contributed by atoms with Crippen molar-refractivity contribution in [1.29, 1.82) is 0 Å². The third-order valence-electron chi connectivity index (χ3n) is 4.83. The van der Waals surface area contributed by atoms with Crippen LogP contribution in [-0.4, -0.2) is 30.3 Å². The molecule has 0 aliphatic carbocycles. The van der Waals surface area contributed by atoms with Gasteiger partial charge in [0.1, 0.15) is 5.69 Å². The van der Waals surface area contributed by atoms with E-state index in [0.29, 0.717) is 34.0 Å². The lowest BCUT2D eigenvalue weighted by Crippen LogP contribution is -2.15. The quantitative estimate of drug-likeness (QED) is 0.518. The van der Waals surface area contributed by atoms with Gasteiger partial charge in [-0.3, -0.25) is 4.79 Å². The lowest BCUT2D eigenvalue weighted by molar-refractivity contribution is 0.102. The van der Waals surface area contributed by atoms with Crippen LogP contribution in [0.4, 0.5) is 5.69 Å². The zero-order valence-corrected chi connectivity index (χ0v) is 17.0. The van der Waals surface area contributed by atoms with Crippen molar-refractivity contribution in [2.45, 2.75) is 6.92 Å². The summed E-state index contributed by atoms with van der Waals surface area (Å²) in [6.07, 6.45) is 0. The van der Waals surface area contributed by atoms with E-state index in [-0.39, 0.29) is 5.91 Å². The van der Waals surface area contributed by atoms with Gasteiger partial charge in [-0.25, -0.2) is 0 Å². The Labute approximate surface area is 174 Å². The zero-order valence-electron chi connectivity index (χ0n) is 17.0. The van der Waals surface area contributed by atoms with E-state index in [1.807, 2.05) is 55.5 Å². The van der Waals surface area contributed by atoms with Crippen molar-refractivity contribution in [2.75, 3.05) is 19.5 Å². The van der Waals surface area contributed by atoms with Gasteiger partial charge < -0.3 is 14.8 Å². The molecule has 0 atom stereocenters. The van der Waals surface area contributed by atoms with Crippen molar-refractivity contribution in [3.8, 4) is 22.8 Å². The van der Waals surface area contributed by atoms with Gasteiger partial charge in [0, 0.05) is 22.7 Å². The second-order valence-electron chi connectivity index (χ2n) is 6.83. The van der Waals surface area contributed by atoms with Gasteiger partial charge in [-0.1, -0.05) is 42.0 Å². The van der Waals surface area contributed by atoms with E-state index in [4.69, 9.17) is 9.47 Å². The first-order valence-electron chi connectivity index (χ1n) is 9.46. The Balaban J connectivity index is 1.84. The van der Waals surface area contributed by atoms with Gasteiger partial charge >= 0.3 is 0 Å². The Kier molecular flexibility index (Phi) is 5.30. The maximum atomic E-state index is 13.4. The number of hydrogen-bond donors (Lipinski definition) is 1. The molecule has 3 aromatic carbocycles. The SMILES string of the molecule is COc1ccc(NC(=O)c2c(-c3ccccc3)nnc3ccc(C)cc23)cc1OC. The van der Waals surface area contributed by atoms with E-state index >= 15 is 0 Å². The number of amides is 1. The number of ether oxygens (including phenoxy) is 2. The number of carbonyl (C=O) groups is 1. The summed E-state index contributed by atoms with van der Waals surface area (Å²) >= 11 is 0. The number of hydrogen-bond acceptors (Lipinski definition) is 5. The molecule has 6 nitrogen and oxygen atoms in total. The van der Waals surface area contributed by atoms with Crippen molar-refractivity contribution >= 4 is 22.5 Å². The van der Waals surface area contributed by atoms with E-state index in [1.54, 1.807) is 32.4 Å². The molecule has 0 bridgehead atoms. The maximum Gasteiger partial charge on any atom is 0.258 e. The lowest BCUT2D eigenvalue weighted by Gasteiger charge is -2.14. The standard InChI is InChI=1S/C24H21N3O3/c1-15-9-11-19-18(13-15)22(23(27-26-19)16-7-5-4-6-8-16)24(28)25-17-10-12-20(29-2)21(14-17)30-3/h4-14H,1-3H3,(H,25,28). The summed E-state index contributed by atoms with van der Waals surface area (Å²) in [7, 11) is 3.12. The van der Waals surface area contributed by atoms with Crippen LogP contribution in [0.2, 0.25) is 0 Å². The van der Waals surface area contributed by atoms with Gasteiger partial charge in [0.05, 0.1) is 25.3 Å². The van der Waals surface area contributed by atoms with Crippen LogP contribution in [0.5, 0.6) is 11.5 Å². The number of fused-ring (bicyclic) bond motifs is 1. The fourth-order valence-corrected chi connectivity index (χ4v) is 3.35. The highest BCUT2D eigenvalue weighted by Crippen LogP contribution is 2.32. The summed E-state index contributed by atoms with van der Waals surface area (Å²) in [6.45, 7) is 1.98. The van der Waals surface area contributed by atoms with Crippen molar-refractivity contribution < 1.29 is 14.3 Å². The van der Waals surface area contributed by atoms with E-state index in [9.17, 15) is 4.79 Å². The van der Waals surface area contributed by atoms with Gasteiger partial charge in [-0.2, -0.15) is 0 Å². The third-order valence-corrected chi connectivity index (χ3v) is 4.83. The molecule has 0 fully saturated rings. The molecule has 0 saturated carbocycles. The summed E-state index contributed by atoms with van der Waals surface area (Å²) < 4.78 is 10.6. The monoisotopic (exact) mass is 399 g/mol. The molecule has 1 N–H and O–H groups in total. The summed E-state index contributed by atoms with van der Waals surface area (Å²) in [5.41, 5.74) is 4.13. The lowest BCUT2D eigenvalue weighted by atomic mass is 10.00. The first kappa shape index (κ1) is 19.4. The molecule has 150 valence electrons. The summed E-state index contributed by atoms with van der Waals surface area (Å²) in [4.78, 5) is 13.4. The van der Waals surface area contributed by atoms with Crippen LogP contribution in [0.25, 0.3) is 22.2 Å². The van der Waals surface area contributed by atoms with Crippen LogP contribution >= 0.6 is 0 Å². The van der Waals surface area contributed by atoms with Crippen LogP contribution in [0.15, 0.2) is 66.7 Å². The number of carbonyl (C=O) groups excluding carboxylic acids is 1. The maximum absolute atomic E-state index is 13.4. The molecular weight excluding hydrogens is 378 g/mol. The Morgan fingerprint density at radius 1 is 0.867 bits per heavy atom. The predicted octanol–water partition coefficient (Wildman–Crippen LogP) is 4.87. The number of methoxy groups -OCH3 is 2. The Hall–Kier alpha value is -3.93. The highest BCUT2D eigenvalue weighted by molar-refractivity contribution is 6.16. The Bertz CT molecular complexity index is 1220. The second-order valence-corrected chi connectivity index (χ2v) is 6.83. The normalized spacial score (nSPS) is 10.6. The van der Waals surface area contributed by atoms with Crippen LogP contribution in [0.1, 0.15) is 15.9 Å².